The summed E-state index contributed by atoms with van der Waals surface area (Å²) in [5.74, 6) is 6.77. The third-order valence-electron chi connectivity index (χ3n) is 1.91. The van der Waals surface area contributed by atoms with Crippen LogP contribution < -0.4 is 0 Å². The molecule has 1 aromatic carbocycles. The van der Waals surface area contributed by atoms with Gasteiger partial charge in [0.2, 0.25) is 0 Å². The maximum absolute atomic E-state index is 3.13. The Hall–Kier alpha value is -1.22. The first-order valence-corrected chi connectivity index (χ1v) is 4.74. The Balaban J connectivity index is 2.95. The van der Waals surface area contributed by atoms with Crippen molar-refractivity contribution in [3.8, 4) is 11.8 Å². The van der Waals surface area contributed by atoms with Crippen LogP contribution in [0, 0.1) is 17.8 Å². The summed E-state index contributed by atoms with van der Waals surface area (Å²) in [4.78, 5) is 0. The van der Waals surface area contributed by atoms with Crippen molar-refractivity contribution in [2.75, 3.05) is 0 Å². The first-order valence-electron chi connectivity index (χ1n) is 4.74. The maximum Gasteiger partial charge on any atom is 0.0277 e. The van der Waals surface area contributed by atoms with Crippen molar-refractivity contribution in [2.24, 2.45) is 5.92 Å². The molecule has 0 aliphatic carbocycles. The Morgan fingerprint density at radius 2 is 1.92 bits per heavy atom. The molecule has 0 nitrogen and oxygen atoms in total. The number of hydrogen-bond donors (Lipinski definition) is 0. The van der Waals surface area contributed by atoms with E-state index in [4.69, 9.17) is 0 Å². The number of rotatable bonds is 2. The minimum atomic E-state index is 0.694. The van der Waals surface area contributed by atoms with Gasteiger partial charge in [-0.05, 0) is 30.9 Å². The van der Waals surface area contributed by atoms with Crippen LogP contribution in [0.3, 0.4) is 0 Å². The van der Waals surface area contributed by atoms with Crippen LogP contribution in [0.4, 0.5) is 0 Å². The van der Waals surface area contributed by atoms with Crippen LogP contribution in [0.25, 0.3) is 0 Å². The van der Waals surface area contributed by atoms with Gasteiger partial charge in [0.1, 0.15) is 0 Å². The van der Waals surface area contributed by atoms with E-state index in [1.807, 2.05) is 13.0 Å². The molecule has 0 fully saturated rings. The minimum absolute atomic E-state index is 0.694. The van der Waals surface area contributed by atoms with E-state index >= 15 is 0 Å². The molecule has 0 N–H and O–H groups in total. The molecule has 0 aliphatic rings. The smallest absolute Gasteiger partial charge is 0.0277 e. The lowest BCUT2D eigenvalue weighted by molar-refractivity contribution is 0.646. The third kappa shape index (κ3) is 2.95. The summed E-state index contributed by atoms with van der Waals surface area (Å²) in [5.41, 5.74) is 2.55. The summed E-state index contributed by atoms with van der Waals surface area (Å²) in [6.45, 7) is 6.35. The normalized spacial score (nSPS) is 9.54. The molecular formula is C13H16. The van der Waals surface area contributed by atoms with Crippen LogP contribution >= 0.6 is 0 Å². The van der Waals surface area contributed by atoms with Crippen molar-refractivity contribution in [1.82, 2.24) is 0 Å². The second-order valence-electron chi connectivity index (χ2n) is 3.63. The fraction of sp³-hybridized carbons (Fsp3) is 0.385. The molecular weight excluding hydrogens is 156 g/mol. The molecule has 68 valence electrons. The average molecular weight is 172 g/mol. The van der Waals surface area contributed by atoms with Crippen molar-refractivity contribution in [3.05, 3.63) is 35.4 Å². The molecule has 0 saturated heterocycles. The average Bonchev–Trinajstić information content (AvgIpc) is 2.08. The fourth-order valence-corrected chi connectivity index (χ4v) is 1.39. The molecule has 0 aromatic heterocycles. The molecule has 13 heavy (non-hydrogen) atoms. The maximum atomic E-state index is 3.13. The lowest BCUT2D eigenvalue weighted by Crippen LogP contribution is -1.96. The van der Waals surface area contributed by atoms with E-state index in [2.05, 4.69) is 43.9 Å². The first-order chi connectivity index (χ1) is 6.24. The van der Waals surface area contributed by atoms with Crippen molar-refractivity contribution in [3.63, 3.8) is 0 Å². The van der Waals surface area contributed by atoms with E-state index in [9.17, 15) is 0 Å². The minimum Gasteiger partial charge on any atom is -0.101 e. The highest BCUT2D eigenvalue weighted by Crippen LogP contribution is 2.12. The lowest BCUT2D eigenvalue weighted by atomic mass is 9.98. The van der Waals surface area contributed by atoms with E-state index in [0.717, 1.165) is 6.42 Å². The van der Waals surface area contributed by atoms with Crippen LogP contribution in [0.15, 0.2) is 24.3 Å². The Labute approximate surface area is 81.0 Å². The molecule has 0 bridgehead atoms. The van der Waals surface area contributed by atoms with Crippen LogP contribution in [-0.4, -0.2) is 0 Å². The number of benzene rings is 1. The molecule has 0 saturated carbocycles. The van der Waals surface area contributed by atoms with Gasteiger partial charge in [-0.25, -0.2) is 0 Å². The van der Waals surface area contributed by atoms with Gasteiger partial charge in [0.25, 0.3) is 0 Å². The molecule has 1 aromatic rings. The molecule has 1 rings (SSSR count). The lowest BCUT2D eigenvalue weighted by Gasteiger charge is -2.06. The summed E-state index contributed by atoms with van der Waals surface area (Å²) in [6.07, 6.45) is 1.12. The van der Waals surface area contributed by atoms with Gasteiger partial charge in [-0.1, -0.05) is 38.0 Å². The first kappa shape index (κ1) is 9.86. The van der Waals surface area contributed by atoms with E-state index in [1.165, 1.54) is 11.1 Å². The van der Waals surface area contributed by atoms with Gasteiger partial charge in [-0.3, -0.25) is 0 Å². The molecule has 0 amide bonds. The van der Waals surface area contributed by atoms with Gasteiger partial charge in [0, 0.05) is 5.56 Å². The summed E-state index contributed by atoms with van der Waals surface area (Å²) in [5, 5.41) is 0. The summed E-state index contributed by atoms with van der Waals surface area (Å²) in [6, 6.07) is 8.38. The molecule has 0 atom stereocenters. The van der Waals surface area contributed by atoms with Crippen molar-refractivity contribution in [2.45, 2.75) is 27.2 Å². The van der Waals surface area contributed by atoms with Gasteiger partial charge in [-0.15, -0.1) is 5.92 Å². The zero-order valence-corrected chi connectivity index (χ0v) is 8.59. The van der Waals surface area contributed by atoms with Crippen LogP contribution in [-0.2, 0) is 6.42 Å². The Kier molecular flexibility index (Phi) is 3.58. The Morgan fingerprint density at radius 1 is 1.23 bits per heavy atom. The fourth-order valence-electron chi connectivity index (χ4n) is 1.39. The highest BCUT2D eigenvalue weighted by molar-refractivity contribution is 5.41. The van der Waals surface area contributed by atoms with Crippen molar-refractivity contribution >= 4 is 0 Å². The monoisotopic (exact) mass is 172 g/mol. The predicted molar refractivity (Wildman–Crippen MR) is 57.5 cm³/mol. The van der Waals surface area contributed by atoms with Gasteiger partial charge in [-0.2, -0.15) is 0 Å². The molecule has 0 spiro atoms. The topological polar surface area (TPSA) is 0 Å². The zero-order valence-electron chi connectivity index (χ0n) is 8.59. The van der Waals surface area contributed by atoms with Crippen LogP contribution in [0.5, 0.6) is 0 Å². The quantitative estimate of drug-likeness (QED) is 0.601. The molecule has 0 heteroatoms. The molecule has 0 heterocycles. The highest BCUT2D eigenvalue weighted by Gasteiger charge is 2.00. The Bertz CT molecular complexity index is 323. The second kappa shape index (κ2) is 4.72. The Morgan fingerprint density at radius 3 is 2.54 bits per heavy atom. The van der Waals surface area contributed by atoms with E-state index < -0.39 is 0 Å². The standard InChI is InChI=1S/C13H16/c1-4-7-12-8-5-6-9-13(12)10-11(2)3/h5-6,8-9,11H,10H2,1-3H3. The number of hydrogen-bond acceptors (Lipinski definition) is 0. The third-order valence-corrected chi connectivity index (χ3v) is 1.91. The van der Waals surface area contributed by atoms with Gasteiger partial charge >= 0.3 is 0 Å². The van der Waals surface area contributed by atoms with E-state index in [1.54, 1.807) is 0 Å². The molecule has 0 radical (unpaired) electrons. The van der Waals surface area contributed by atoms with Crippen LogP contribution in [0.2, 0.25) is 0 Å². The zero-order chi connectivity index (χ0) is 9.68. The van der Waals surface area contributed by atoms with Crippen molar-refractivity contribution in [1.29, 1.82) is 0 Å². The molecule has 0 aliphatic heterocycles. The second-order valence-corrected chi connectivity index (χ2v) is 3.63. The summed E-state index contributed by atoms with van der Waals surface area (Å²) >= 11 is 0. The predicted octanol–water partition coefficient (Wildman–Crippen LogP) is 3.26. The van der Waals surface area contributed by atoms with Gasteiger partial charge in [0.15, 0.2) is 0 Å². The summed E-state index contributed by atoms with van der Waals surface area (Å²) in [7, 11) is 0. The largest absolute Gasteiger partial charge is 0.101 e. The van der Waals surface area contributed by atoms with Gasteiger partial charge in [0.05, 0.1) is 0 Å². The van der Waals surface area contributed by atoms with Gasteiger partial charge < -0.3 is 0 Å². The van der Waals surface area contributed by atoms with E-state index in [-0.39, 0.29) is 0 Å². The van der Waals surface area contributed by atoms with Crippen molar-refractivity contribution < 1.29 is 0 Å². The SMILES string of the molecule is CC#Cc1ccccc1CC(C)C. The highest BCUT2D eigenvalue weighted by atomic mass is 14.0. The van der Waals surface area contributed by atoms with E-state index in [0.29, 0.717) is 5.92 Å². The van der Waals surface area contributed by atoms with Crippen LogP contribution in [0.1, 0.15) is 31.9 Å². The molecule has 0 unspecified atom stereocenters. The summed E-state index contributed by atoms with van der Waals surface area (Å²) < 4.78 is 0.